The molecule has 0 amide bonds. The SMILES string of the molecule is COc1cc2nccc(Oc3c(F)cc(N)cc3-c3ccc(F)cc3)c2nc1OC. The maximum absolute atomic E-state index is 14.9. The van der Waals surface area contributed by atoms with Crippen molar-refractivity contribution in [3.8, 4) is 34.3 Å². The van der Waals surface area contributed by atoms with Gasteiger partial charge in [0.2, 0.25) is 0 Å². The molecule has 0 aliphatic heterocycles. The predicted molar refractivity (Wildman–Crippen MR) is 109 cm³/mol. The predicted octanol–water partition coefficient (Wildman–Crippen LogP) is 4.97. The van der Waals surface area contributed by atoms with Crippen LogP contribution in [0.1, 0.15) is 0 Å². The summed E-state index contributed by atoms with van der Waals surface area (Å²) < 4.78 is 44.7. The van der Waals surface area contributed by atoms with Gasteiger partial charge in [-0.05, 0) is 23.8 Å². The van der Waals surface area contributed by atoms with E-state index >= 15 is 0 Å². The van der Waals surface area contributed by atoms with Crippen molar-refractivity contribution in [1.82, 2.24) is 9.97 Å². The van der Waals surface area contributed by atoms with Crippen LogP contribution >= 0.6 is 0 Å². The average Bonchev–Trinajstić information content (AvgIpc) is 2.75. The Morgan fingerprint density at radius 1 is 0.900 bits per heavy atom. The molecule has 0 aliphatic rings. The van der Waals surface area contributed by atoms with Crippen molar-refractivity contribution in [3.63, 3.8) is 0 Å². The Morgan fingerprint density at radius 2 is 1.67 bits per heavy atom. The molecule has 0 fully saturated rings. The molecule has 4 rings (SSSR count). The van der Waals surface area contributed by atoms with Gasteiger partial charge in [-0.2, -0.15) is 0 Å². The van der Waals surface area contributed by atoms with E-state index in [9.17, 15) is 8.78 Å². The highest BCUT2D eigenvalue weighted by Crippen LogP contribution is 2.40. The molecule has 2 heterocycles. The van der Waals surface area contributed by atoms with E-state index in [1.54, 1.807) is 18.2 Å². The molecule has 0 saturated carbocycles. The molecule has 0 unspecified atom stereocenters. The van der Waals surface area contributed by atoms with E-state index in [2.05, 4.69) is 9.97 Å². The molecule has 6 nitrogen and oxygen atoms in total. The summed E-state index contributed by atoms with van der Waals surface area (Å²) in [6.07, 6.45) is 1.51. The van der Waals surface area contributed by atoms with Gasteiger partial charge < -0.3 is 19.9 Å². The van der Waals surface area contributed by atoms with Crippen molar-refractivity contribution in [2.75, 3.05) is 20.0 Å². The second kappa shape index (κ2) is 7.82. The highest BCUT2D eigenvalue weighted by Gasteiger charge is 2.18. The van der Waals surface area contributed by atoms with Gasteiger partial charge >= 0.3 is 0 Å². The van der Waals surface area contributed by atoms with Crippen LogP contribution in [-0.4, -0.2) is 24.2 Å². The normalized spacial score (nSPS) is 10.8. The molecule has 2 N–H and O–H groups in total. The third-order valence-corrected chi connectivity index (χ3v) is 4.45. The summed E-state index contributed by atoms with van der Waals surface area (Å²) in [5.74, 6) is -0.247. The van der Waals surface area contributed by atoms with Gasteiger partial charge in [-0.25, -0.2) is 13.8 Å². The number of rotatable bonds is 5. The fourth-order valence-electron chi connectivity index (χ4n) is 3.06. The lowest BCUT2D eigenvalue weighted by molar-refractivity contribution is 0.344. The number of nitrogens with two attached hydrogens (primary N) is 1. The Kier molecular flexibility index (Phi) is 5.05. The van der Waals surface area contributed by atoms with Crippen LogP contribution < -0.4 is 19.9 Å². The zero-order valence-corrected chi connectivity index (χ0v) is 16.1. The number of hydrogen-bond acceptors (Lipinski definition) is 6. The van der Waals surface area contributed by atoms with Gasteiger partial charge in [-0.3, -0.25) is 4.98 Å². The first-order chi connectivity index (χ1) is 14.5. The minimum atomic E-state index is -0.667. The van der Waals surface area contributed by atoms with Crippen molar-refractivity contribution >= 4 is 16.7 Å². The third-order valence-electron chi connectivity index (χ3n) is 4.45. The Labute approximate surface area is 170 Å². The van der Waals surface area contributed by atoms with E-state index in [4.69, 9.17) is 19.9 Å². The number of methoxy groups -OCH3 is 2. The first-order valence-corrected chi connectivity index (χ1v) is 8.90. The first-order valence-electron chi connectivity index (χ1n) is 8.90. The third kappa shape index (κ3) is 3.55. The van der Waals surface area contributed by atoms with Gasteiger partial charge in [0.1, 0.15) is 11.3 Å². The van der Waals surface area contributed by atoms with Crippen molar-refractivity contribution in [2.24, 2.45) is 0 Å². The number of aromatic nitrogens is 2. The monoisotopic (exact) mass is 409 g/mol. The Hall–Kier alpha value is -3.94. The molecule has 2 aromatic carbocycles. The zero-order chi connectivity index (χ0) is 21.3. The van der Waals surface area contributed by atoms with Crippen LogP contribution in [0.15, 0.2) is 54.7 Å². The molecule has 0 radical (unpaired) electrons. The number of hydrogen-bond donors (Lipinski definition) is 1. The summed E-state index contributed by atoms with van der Waals surface area (Å²) in [5, 5.41) is 0. The minimum absolute atomic E-state index is 0.0695. The van der Waals surface area contributed by atoms with Gasteiger partial charge in [-0.1, -0.05) is 12.1 Å². The van der Waals surface area contributed by atoms with Crippen molar-refractivity contribution in [3.05, 3.63) is 66.4 Å². The van der Waals surface area contributed by atoms with Crippen LogP contribution in [-0.2, 0) is 0 Å². The molecule has 0 aliphatic carbocycles. The number of nitrogens with zero attached hydrogens (tertiary/aromatic N) is 2. The van der Waals surface area contributed by atoms with Crippen LogP contribution in [0.25, 0.3) is 22.2 Å². The summed E-state index contributed by atoms with van der Waals surface area (Å²) in [4.78, 5) is 8.65. The van der Waals surface area contributed by atoms with Gasteiger partial charge in [0.25, 0.3) is 5.88 Å². The number of pyridine rings is 2. The molecule has 0 saturated heterocycles. The molecule has 8 heteroatoms. The molecule has 0 spiro atoms. The Morgan fingerprint density at radius 3 is 2.37 bits per heavy atom. The second-order valence-corrected chi connectivity index (χ2v) is 6.37. The lowest BCUT2D eigenvalue weighted by Crippen LogP contribution is -1.99. The number of anilines is 1. The molecule has 30 heavy (non-hydrogen) atoms. The number of ether oxygens (including phenoxy) is 3. The number of halogens is 2. The number of benzene rings is 2. The lowest BCUT2D eigenvalue weighted by Gasteiger charge is -2.15. The molecule has 0 bridgehead atoms. The average molecular weight is 409 g/mol. The fraction of sp³-hybridized carbons (Fsp3) is 0.0909. The molecule has 0 atom stereocenters. The highest BCUT2D eigenvalue weighted by molar-refractivity contribution is 5.84. The number of nitrogen functional groups attached to an aromatic ring is 1. The van der Waals surface area contributed by atoms with E-state index in [-0.39, 0.29) is 23.1 Å². The number of fused-ring (bicyclic) bond motifs is 1. The van der Waals surface area contributed by atoms with Crippen LogP contribution in [0, 0.1) is 11.6 Å². The van der Waals surface area contributed by atoms with E-state index in [1.165, 1.54) is 44.7 Å². The summed E-state index contributed by atoms with van der Waals surface area (Å²) in [7, 11) is 2.95. The Bertz CT molecular complexity index is 1230. The van der Waals surface area contributed by atoms with Crippen LogP contribution in [0.3, 0.4) is 0 Å². The maximum atomic E-state index is 14.9. The largest absolute Gasteiger partial charge is 0.491 e. The summed E-state index contributed by atoms with van der Waals surface area (Å²) in [6, 6.07) is 11.5. The lowest BCUT2D eigenvalue weighted by atomic mass is 10.0. The highest BCUT2D eigenvalue weighted by atomic mass is 19.1. The fourth-order valence-corrected chi connectivity index (χ4v) is 3.06. The van der Waals surface area contributed by atoms with E-state index in [0.29, 0.717) is 27.9 Å². The molecule has 2 aromatic heterocycles. The quantitative estimate of drug-likeness (QED) is 0.469. The maximum Gasteiger partial charge on any atom is 0.257 e. The van der Waals surface area contributed by atoms with E-state index < -0.39 is 11.6 Å². The summed E-state index contributed by atoms with van der Waals surface area (Å²) in [5.41, 5.74) is 7.79. The zero-order valence-electron chi connectivity index (χ0n) is 16.1. The molecular formula is C22H17F2N3O3. The van der Waals surface area contributed by atoms with Crippen LogP contribution in [0.4, 0.5) is 14.5 Å². The first kappa shape index (κ1) is 19.4. The molecular weight excluding hydrogens is 392 g/mol. The van der Waals surface area contributed by atoms with Gasteiger partial charge in [-0.15, -0.1) is 0 Å². The van der Waals surface area contributed by atoms with Crippen LogP contribution in [0.5, 0.6) is 23.1 Å². The van der Waals surface area contributed by atoms with Gasteiger partial charge in [0.15, 0.2) is 23.1 Å². The van der Waals surface area contributed by atoms with Crippen LogP contribution in [0.2, 0.25) is 0 Å². The Balaban J connectivity index is 1.87. The second-order valence-electron chi connectivity index (χ2n) is 6.37. The van der Waals surface area contributed by atoms with E-state index in [0.717, 1.165) is 6.07 Å². The van der Waals surface area contributed by atoms with Gasteiger partial charge in [0.05, 0.1) is 19.7 Å². The molecule has 4 aromatic rings. The topological polar surface area (TPSA) is 79.5 Å². The van der Waals surface area contributed by atoms with Crippen molar-refractivity contribution < 1.29 is 23.0 Å². The smallest absolute Gasteiger partial charge is 0.257 e. The van der Waals surface area contributed by atoms with E-state index in [1.807, 2.05) is 0 Å². The van der Waals surface area contributed by atoms with Gasteiger partial charge in [0, 0.05) is 35.6 Å². The molecule has 152 valence electrons. The van der Waals surface area contributed by atoms with Crippen molar-refractivity contribution in [2.45, 2.75) is 0 Å². The summed E-state index contributed by atoms with van der Waals surface area (Å²) >= 11 is 0. The van der Waals surface area contributed by atoms with Crippen molar-refractivity contribution in [1.29, 1.82) is 0 Å². The summed E-state index contributed by atoms with van der Waals surface area (Å²) in [6.45, 7) is 0. The minimum Gasteiger partial charge on any atom is -0.491 e. The standard InChI is InChI=1S/C22H17F2N3O3/c1-28-19-11-17-20(27-22(19)29-2)18(7-8-26-17)30-21-15(9-14(25)10-16(21)24)12-3-5-13(23)6-4-12/h3-11H,25H2,1-2H3.